The van der Waals surface area contributed by atoms with Crippen molar-refractivity contribution in [2.45, 2.75) is 0 Å². The van der Waals surface area contributed by atoms with Crippen LogP contribution >= 0.6 is 0 Å². The minimum Gasteiger partial charge on any atom is -0.0754 e. The van der Waals surface area contributed by atoms with Crippen LogP contribution < -0.4 is 0 Å². The molecule has 2 rings (SSSR count). The van der Waals surface area contributed by atoms with Crippen LogP contribution in [0.3, 0.4) is 0 Å². The number of benzene rings is 1. The summed E-state index contributed by atoms with van der Waals surface area (Å²) in [6.07, 6.45) is 6.20. The Hall–Kier alpha value is -1.04. The van der Waals surface area contributed by atoms with Crippen LogP contribution in [-0.4, -0.2) is 0 Å². The van der Waals surface area contributed by atoms with Crippen LogP contribution in [0.2, 0.25) is 0 Å². The number of hydrogen-bond donors (Lipinski definition) is 0. The van der Waals surface area contributed by atoms with Gasteiger partial charge in [0.25, 0.3) is 0 Å². The molecule has 1 aliphatic carbocycles. The van der Waals surface area contributed by atoms with E-state index in [9.17, 15) is 0 Å². The summed E-state index contributed by atoms with van der Waals surface area (Å²) >= 11 is 0. The van der Waals surface area contributed by atoms with Gasteiger partial charge in [-0.05, 0) is 17.2 Å². The van der Waals surface area contributed by atoms with E-state index in [0.717, 1.165) is 0 Å². The molecular formula is C9H6. The van der Waals surface area contributed by atoms with Crippen LogP contribution in [0.25, 0.3) is 6.08 Å². The molecule has 1 aliphatic rings. The molecule has 1 aromatic rings. The number of fused-ring (bicyclic) bond motifs is 1. The van der Waals surface area contributed by atoms with Crippen molar-refractivity contribution in [2.24, 2.45) is 0 Å². The van der Waals surface area contributed by atoms with E-state index >= 15 is 0 Å². The largest absolute Gasteiger partial charge is 0.0754 e. The summed E-state index contributed by atoms with van der Waals surface area (Å²) < 4.78 is 0. The van der Waals surface area contributed by atoms with Gasteiger partial charge in [-0.25, -0.2) is 0 Å². The SMILES string of the molecule is [c]1cccc2c1[CH]C=C2. The van der Waals surface area contributed by atoms with Crippen LogP contribution in [-0.2, 0) is 0 Å². The second-order valence-corrected chi connectivity index (χ2v) is 2.06. The summed E-state index contributed by atoms with van der Waals surface area (Å²) in [6, 6.07) is 9.16. The summed E-state index contributed by atoms with van der Waals surface area (Å²) in [7, 11) is 0. The third kappa shape index (κ3) is 0.672. The van der Waals surface area contributed by atoms with Crippen molar-refractivity contribution in [3.8, 4) is 0 Å². The van der Waals surface area contributed by atoms with Gasteiger partial charge in [-0.1, -0.05) is 30.4 Å². The van der Waals surface area contributed by atoms with E-state index < -0.39 is 0 Å². The van der Waals surface area contributed by atoms with E-state index in [2.05, 4.69) is 24.6 Å². The minimum absolute atomic E-state index is 1.21. The van der Waals surface area contributed by atoms with Crippen LogP contribution in [0.1, 0.15) is 11.1 Å². The maximum absolute atomic E-state index is 3.13. The van der Waals surface area contributed by atoms with Gasteiger partial charge in [-0.2, -0.15) is 0 Å². The average Bonchev–Trinajstić information content (AvgIpc) is 2.33. The van der Waals surface area contributed by atoms with Gasteiger partial charge in [0.05, 0.1) is 0 Å². The Balaban J connectivity index is 2.63. The van der Waals surface area contributed by atoms with E-state index in [-0.39, 0.29) is 0 Å². The number of rotatable bonds is 0. The van der Waals surface area contributed by atoms with Gasteiger partial charge in [0.15, 0.2) is 0 Å². The Morgan fingerprint density at radius 3 is 3.22 bits per heavy atom. The maximum Gasteiger partial charge on any atom is 0.0137 e. The zero-order valence-corrected chi connectivity index (χ0v) is 4.96. The van der Waals surface area contributed by atoms with Crippen molar-refractivity contribution in [2.75, 3.05) is 0 Å². The van der Waals surface area contributed by atoms with Crippen molar-refractivity contribution in [1.29, 1.82) is 0 Å². The van der Waals surface area contributed by atoms with Crippen molar-refractivity contribution >= 4 is 6.08 Å². The van der Waals surface area contributed by atoms with Gasteiger partial charge in [-0.15, -0.1) is 0 Å². The maximum atomic E-state index is 3.13. The number of allylic oxidation sites excluding steroid dienone is 1. The Bertz CT molecular complexity index is 246. The third-order valence-electron chi connectivity index (χ3n) is 1.46. The molecule has 0 saturated carbocycles. The van der Waals surface area contributed by atoms with E-state index in [1.807, 2.05) is 18.2 Å². The molecule has 0 unspecified atom stereocenters. The summed E-state index contributed by atoms with van der Waals surface area (Å²) in [4.78, 5) is 0. The Morgan fingerprint density at radius 1 is 1.33 bits per heavy atom. The van der Waals surface area contributed by atoms with Crippen molar-refractivity contribution in [3.63, 3.8) is 0 Å². The van der Waals surface area contributed by atoms with E-state index in [4.69, 9.17) is 0 Å². The molecule has 0 spiro atoms. The second kappa shape index (κ2) is 1.73. The highest BCUT2D eigenvalue weighted by atomic mass is 14.0. The smallest absolute Gasteiger partial charge is 0.0137 e. The first-order chi connectivity index (χ1) is 4.47. The van der Waals surface area contributed by atoms with Gasteiger partial charge >= 0.3 is 0 Å². The second-order valence-electron chi connectivity index (χ2n) is 2.06. The quantitative estimate of drug-likeness (QED) is 0.484. The van der Waals surface area contributed by atoms with Gasteiger partial charge < -0.3 is 0 Å². The molecule has 1 aromatic carbocycles. The summed E-state index contributed by atoms with van der Waals surface area (Å²) in [5.74, 6) is 0. The lowest BCUT2D eigenvalue weighted by Gasteiger charge is -1.91. The fourth-order valence-electron chi connectivity index (χ4n) is 1.00. The highest BCUT2D eigenvalue weighted by Gasteiger charge is 2.01. The number of hydrogen-bond acceptors (Lipinski definition) is 0. The first-order valence-corrected chi connectivity index (χ1v) is 2.99. The molecule has 0 atom stereocenters. The van der Waals surface area contributed by atoms with E-state index in [1.54, 1.807) is 0 Å². The van der Waals surface area contributed by atoms with Gasteiger partial charge in [0, 0.05) is 6.42 Å². The molecule has 0 heteroatoms. The molecule has 0 nitrogen and oxygen atoms in total. The predicted octanol–water partition coefficient (Wildman–Crippen LogP) is 2.07. The molecule has 9 heavy (non-hydrogen) atoms. The van der Waals surface area contributed by atoms with Crippen LogP contribution in [0.4, 0.5) is 0 Å². The standard InChI is InChI=1S/C9H6/c1-2-5-9-7-3-6-8(9)4-1/h1-4,6-7H. The average molecular weight is 114 g/mol. The van der Waals surface area contributed by atoms with Crippen LogP contribution in [0, 0.1) is 12.5 Å². The van der Waals surface area contributed by atoms with Crippen LogP contribution in [0.15, 0.2) is 24.3 Å². The summed E-state index contributed by atoms with van der Waals surface area (Å²) in [6.45, 7) is 0. The highest BCUT2D eigenvalue weighted by Crippen LogP contribution is 2.18. The van der Waals surface area contributed by atoms with E-state index in [1.165, 1.54) is 11.1 Å². The topological polar surface area (TPSA) is 0 Å². The van der Waals surface area contributed by atoms with Gasteiger partial charge in [0.2, 0.25) is 0 Å². The molecule has 0 bridgehead atoms. The third-order valence-corrected chi connectivity index (χ3v) is 1.46. The molecule has 0 N–H and O–H groups in total. The molecular weight excluding hydrogens is 108 g/mol. The molecule has 0 saturated heterocycles. The molecule has 0 fully saturated rings. The minimum atomic E-state index is 1.21. The zero-order chi connectivity index (χ0) is 6.10. The molecule has 0 aromatic heterocycles. The van der Waals surface area contributed by atoms with Gasteiger partial charge in [-0.3, -0.25) is 0 Å². The van der Waals surface area contributed by atoms with Crippen molar-refractivity contribution in [1.82, 2.24) is 0 Å². The normalized spacial score (nSPS) is 13.8. The monoisotopic (exact) mass is 114 g/mol. The first-order valence-electron chi connectivity index (χ1n) is 2.99. The molecule has 0 aliphatic heterocycles. The summed E-state index contributed by atoms with van der Waals surface area (Å²) in [5.41, 5.74) is 2.48. The van der Waals surface area contributed by atoms with Crippen LogP contribution in [0.5, 0.6) is 0 Å². The van der Waals surface area contributed by atoms with E-state index in [0.29, 0.717) is 0 Å². The fourth-order valence-corrected chi connectivity index (χ4v) is 1.00. The molecule has 2 radical (unpaired) electrons. The predicted molar refractivity (Wildman–Crippen MR) is 37.7 cm³/mol. The zero-order valence-electron chi connectivity index (χ0n) is 4.96. The fraction of sp³-hybridized carbons (Fsp3) is 0. The molecule has 0 amide bonds. The lowest BCUT2D eigenvalue weighted by Crippen LogP contribution is -1.75. The first kappa shape index (κ1) is 4.80. The van der Waals surface area contributed by atoms with Crippen molar-refractivity contribution in [3.05, 3.63) is 47.9 Å². The Labute approximate surface area is 54.8 Å². The highest BCUT2D eigenvalue weighted by molar-refractivity contribution is 5.64. The lowest BCUT2D eigenvalue weighted by atomic mass is 10.1. The Kier molecular flexibility index (Phi) is 0.922. The molecule has 42 valence electrons. The summed E-state index contributed by atoms with van der Waals surface area (Å²) in [5, 5.41) is 0. The Morgan fingerprint density at radius 2 is 2.33 bits per heavy atom. The van der Waals surface area contributed by atoms with Gasteiger partial charge in [0.1, 0.15) is 0 Å². The molecule has 0 heterocycles. The van der Waals surface area contributed by atoms with Crippen molar-refractivity contribution < 1.29 is 0 Å². The lowest BCUT2D eigenvalue weighted by molar-refractivity contribution is 1.53.